The smallest absolute Gasteiger partial charge is 0.312 e. The summed E-state index contributed by atoms with van der Waals surface area (Å²) in [6.07, 6.45) is -0.509. The van der Waals surface area contributed by atoms with Crippen molar-refractivity contribution >= 4 is 46.9 Å². The maximum absolute atomic E-state index is 14.7. The van der Waals surface area contributed by atoms with Gasteiger partial charge in [0.1, 0.15) is 35.5 Å². The van der Waals surface area contributed by atoms with Crippen molar-refractivity contribution in [2.24, 2.45) is 23.7 Å². The average Bonchev–Trinajstić information content (AvgIpc) is 3.52. The van der Waals surface area contributed by atoms with Crippen molar-refractivity contribution in [3.05, 3.63) is 80.6 Å². The van der Waals surface area contributed by atoms with Crippen molar-refractivity contribution in [2.75, 3.05) is 19.4 Å². The van der Waals surface area contributed by atoms with E-state index < -0.39 is 130 Å². The zero-order valence-electron chi connectivity index (χ0n) is 37.6. The van der Waals surface area contributed by atoms with E-state index in [-0.39, 0.29) is 51.6 Å². The number of carbonyl (C=O) groups is 6. The molecule has 0 aromatic heterocycles. The number of phenolic OH excluding ortho intramolecular Hbond substituents is 1. The first-order valence-corrected chi connectivity index (χ1v) is 22.2. The van der Waals surface area contributed by atoms with Gasteiger partial charge in [0, 0.05) is 80.1 Å². The number of esters is 1. The second-order valence-corrected chi connectivity index (χ2v) is 18.1. The summed E-state index contributed by atoms with van der Waals surface area (Å²) >= 11 is 0.761. The van der Waals surface area contributed by atoms with E-state index in [1.807, 2.05) is 0 Å². The molecule has 6 rings (SSSR count). The Morgan fingerprint density at radius 3 is 2.23 bits per heavy atom. The predicted octanol–water partition coefficient (Wildman–Crippen LogP) is 2.22. The normalized spacial score (nSPS) is 33.6. The number of hydrogen-bond acceptors (Lipinski definition) is 17. The maximum Gasteiger partial charge on any atom is 0.312 e. The number of methoxy groups -OCH3 is 1. The van der Waals surface area contributed by atoms with E-state index in [1.54, 1.807) is 33.8 Å². The molecule has 0 spiro atoms. The number of allylic oxidation sites excluding steroid dienone is 4. The molecule has 1 aromatic carbocycles. The molecule has 5 aliphatic rings. The number of aliphatic hydroxyl groups excluding tert-OH is 5. The fourth-order valence-corrected chi connectivity index (χ4v) is 9.28. The first-order chi connectivity index (χ1) is 30.5. The molecule has 0 unspecified atom stereocenters. The Morgan fingerprint density at radius 1 is 0.923 bits per heavy atom. The molecule has 12 atom stereocenters. The molecule has 3 heterocycles. The molecule has 0 fully saturated rings. The fraction of sp³-hybridized carbons (Fsp3) is 0.522. The van der Waals surface area contributed by atoms with Crippen molar-refractivity contribution in [3.63, 3.8) is 0 Å². The van der Waals surface area contributed by atoms with Gasteiger partial charge in [-0.25, -0.2) is 0 Å². The van der Waals surface area contributed by atoms with Gasteiger partial charge in [0.05, 0.1) is 52.3 Å². The Kier molecular flexibility index (Phi) is 16.1. The SMILES string of the molecule is CO[C@H]1C=CO[C@@]2(C)Oc3c(C)c(O)c4c(c3C2=O)C(=O)C(SCCNC(=O)C2=C[C@@H](O)[C@@H](O)[C@H](O)C2)=C(NC(=O)/C(C)=C\C=C/[C@H](C)[C@H](O)[C@@H](C)[C@@H](O)[C@@H](C)[C@H](OC(C)=O)[C@@H]1C)C4=O. The molecule has 19 heteroatoms. The van der Waals surface area contributed by atoms with Gasteiger partial charge in [-0.15, -0.1) is 11.8 Å². The van der Waals surface area contributed by atoms with Gasteiger partial charge in [-0.1, -0.05) is 45.9 Å². The number of aromatic hydroxyl groups is 1. The molecular formula is C46H58N2O16S. The van der Waals surface area contributed by atoms with E-state index in [4.69, 9.17) is 18.9 Å². The quantitative estimate of drug-likeness (QED) is 0.144. The molecule has 3 aliphatic heterocycles. The lowest BCUT2D eigenvalue weighted by Gasteiger charge is -2.38. The number of phenols is 1. The lowest BCUT2D eigenvalue weighted by atomic mass is 9.78. The zero-order valence-corrected chi connectivity index (χ0v) is 38.4. The molecule has 2 aliphatic carbocycles. The van der Waals surface area contributed by atoms with Crippen LogP contribution in [0.5, 0.6) is 11.5 Å². The third-order valence-corrected chi connectivity index (χ3v) is 13.5. The molecule has 5 bridgehead atoms. The number of thioether (sulfide) groups is 1. The summed E-state index contributed by atoms with van der Waals surface area (Å²) < 4.78 is 23.4. The van der Waals surface area contributed by atoms with Gasteiger partial charge in [-0.2, -0.15) is 0 Å². The highest BCUT2D eigenvalue weighted by molar-refractivity contribution is 8.04. The Morgan fingerprint density at radius 2 is 1.60 bits per heavy atom. The summed E-state index contributed by atoms with van der Waals surface area (Å²) in [5.41, 5.74) is -1.96. The van der Waals surface area contributed by atoms with Crippen LogP contribution < -0.4 is 15.4 Å². The lowest BCUT2D eigenvalue weighted by molar-refractivity contribution is -0.160. The third kappa shape index (κ3) is 10.3. The highest BCUT2D eigenvalue weighted by Gasteiger charge is 2.53. The average molecular weight is 927 g/mol. The number of benzene rings is 1. The molecule has 0 saturated carbocycles. The van der Waals surface area contributed by atoms with Crippen LogP contribution in [0.15, 0.2) is 58.4 Å². The summed E-state index contributed by atoms with van der Waals surface area (Å²) in [4.78, 5) is 82.3. The minimum Gasteiger partial charge on any atom is -0.507 e. The number of Topliss-reactive ketones (excluding diaryl/α,β-unsaturated/α-hetero) is 3. The molecule has 1 aromatic rings. The van der Waals surface area contributed by atoms with Gasteiger partial charge in [-0.05, 0) is 26.0 Å². The van der Waals surface area contributed by atoms with Crippen molar-refractivity contribution in [3.8, 4) is 11.5 Å². The molecule has 2 amide bonds. The van der Waals surface area contributed by atoms with Crippen LogP contribution in [0.4, 0.5) is 0 Å². The fourth-order valence-electron chi connectivity index (χ4n) is 8.35. The summed E-state index contributed by atoms with van der Waals surface area (Å²) in [6.45, 7) is 11.9. The van der Waals surface area contributed by atoms with E-state index in [2.05, 4.69) is 10.6 Å². The van der Waals surface area contributed by atoms with Crippen LogP contribution in [0, 0.1) is 30.6 Å². The van der Waals surface area contributed by atoms with Crippen LogP contribution in [-0.2, 0) is 28.6 Å². The minimum atomic E-state index is -2.17. The van der Waals surface area contributed by atoms with Crippen LogP contribution >= 0.6 is 11.8 Å². The topological polar surface area (TPSA) is 285 Å². The summed E-state index contributed by atoms with van der Waals surface area (Å²) in [7, 11) is 1.39. The van der Waals surface area contributed by atoms with Crippen molar-refractivity contribution in [2.45, 2.75) is 110 Å². The second-order valence-electron chi connectivity index (χ2n) is 17.0. The number of fused-ring (bicyclic) bond motifs is 14. The largest absolute Gasteiger partial charge is 0.507 e. The Balaban J connectivity index is 1.58. The standard InChI is InChI=1S/C46H58N2O16S/c1-19-11-10-12-20(2)44(59)48-33-38(56)31-30(39(57)42(33)65-16-14-47-45(60)26-17-27(50)37(55)28(51)18-26)32-41(24(6)36(31)54)64-46(8,43(32)58)62-15-13-29(61-9)21(3)40(63-25(7)49)23(5)35(53)22(4)34(19)52/h10-13,15,17,19,21-23,27-29,34-35,37,40,50-55H,14,16,18H2,1-9H3,(H,47,60)(H,48,59)/b11-10-,15-13?,20-12-/t19-,21+,22+,23+,27+,28+,29-,34-,35+,37+,40+,46-/m0/s1. The van der Waals surface area contributed by atoms with Crippen molar-refractivity contribution in [1.82, 2.24) is 10.6 Å². The van der Waals surface area contributed by atoms with Gasteiger partial charge in [0.25, 0.3) is 11.7 Å². The van der Waals surface area contributed by atoms with Crippen LogP contribution in [-0.4, -0.2) is 134 Å². The molecule has 8 N–H and O–H groups in total. The van der Waals surface area contributed by atoms with E-state index >= 15 is 0 Å². The van der Waals surface area contributed by atoms with E-state index in [0.717, 1.165) is 24.1 Å². The summed E-state index contributed by atoms with van der Waals surface area (Å²) in [5.74, 6) is -10.8. The monoisotopic (exact) mass is 926 g/mol. The zero-order chi connectivity index (χ0) is 48.4. The molecule has 0 radical (unpaired) electrons. The Labute approximate surface area is 380 Å². The van der Waals surface area contributed by atoms with Gasteiger partial charge >= 0.3 is 11.8 Å². The number of aliphatic hydroxyl groups is 5. The van der Waals surface area contributed by atoms with Crippen LogP contribution in [0.1, 0.15) is 91.5 Å². The third-order valence-electron chi connectivity index (χ3n) is 12.4. The first kappa shape index (κ1) is 50.8. The van der Waals surface area contributed by atoms with Gasteiger partial charge < -0.3 is 60.2 Å². The first-order valence-electron chi connectivity index (χ1n) is 21.2. The highest BCUT2D eigenvalue weighted by atomic mass is 32.2. The van der Waals surface area contributed by atoms with Crippen LogP contribution in [0.2, 0.25) is 0 Å². The number of nitrogens with one attached hydrogen (secondary N) is 2. The lowest BCUT2D eigenvalue weighted by Crippen LogP contribution is -2.46. The van der Waals surface area contributed by atoms with Gasteiger partial charge in [0.15, 0.2) is 0 Å². The van der Waals surface area contributed by atoms with Crippen LogP contribution in [0.3, 0.4) is 0 Å². The number of hydrogen-bond donors (Lipinski definition) is 8. The molecule has 65 heavy (non-hydrogen) atoms. The summed E-state index contributed by atoms with van der Waals surface area (Å²) in [5, 5.41) is 69.4. The van der Waals surface area contributed by atoms with Crippen molar-refractivity contribution in [1.29, 1.82) is 0 Å². The van der Waals surface area contributed by atoms with Crippen molar-refractivity contribution < 1.29 is 78.4 Å². The number of amides is 2. The minimum absolute atomic E-state index is 0.00827. The van der Waals surface area contributed by atoms with Crippen LogP contribution in [0.25, 0.3) is 0 Å². The summed E-state index contributed by atoms with van der Waals surface area (Å²) in [6, 6.07) is 0. The number of ether oxygens (including phenoxy) is 4. The van der Waals surface area contributed by atoms with E-state index in [0.29, 0.717) is 0 Å². The Bertz CT molecular complexity index is 2260. The number of carbonyl (C=O) groups excluding carboxylic acids is 6. The van der Waals surface area contributed by atoms with Gasteiger partial charge in [0.2, 0.25) is 17.5 Å². The Hall–Kier alpha value is -5.15. The number of rotatable bonds is 7. The highest BCUT2D eigenvalue weighted by Crippen LogP contribution is 2.49. The molecular weight excluding hydrogens is 869 g/mol. The second kappa shape index (κ2) is 20.6. The van der Waals surface area contributed by atoms with E-state index in [9.17, 15) is 59.4 Å². The number of ketones is 3. The van der Waals surface area contributed by atoms with E-state index in [1.165, 1.54) is 53.0 Å². The molecule has 0 saturated heterocycles. The predicted molar refractivity (Wildman–Crippen MR) is 234 cm³/mol. The van der Waals surface area contributed by atoms with Gasteiger partial charge in [-0.3, -0.25) is 28.8 Å². The molecule has 18 nitrogen and oxygen atoms in total. The molecule has 354 valence electrons. The maximum atomic E-state index is 14.7.